The van der Waals surface area contributed by atoms with Crippen LogP contribution < -0.4 is 0 Å². The first-order valence-corrected chi connectivity index (χ1v) is 5.95. The Hall–Kier alpha value is -0.570. The zero-order valence-corrected chi connectivity index (χ0v) is 10.1. The third-order valence-electron chi connectivity index (χ3n) is 3.42. The van der Waals surface area contributed by atoms with Gasteiger partial charge < -0.3 is 5.11 Å². The molecule has 0 aromatic heterocycles. The Morgan fingerprint density at radius 2 is 1.93 bits per heavy atom. The molecule has 1 rings (SSSR count). The van der Waals surface area contributed by atoms with E-state index >= 15 is 0 Å². The van der Waals surface area contributed by atoms with Gasteiger partial charge in [0.25, 0.3) is 0 Å². The van der Waals surface area contributed by atoms with Gasteiger partial charge in [-0.2, -0.15) is 0 Å². The molecule has 1 aliphatic rings. The summed E-state index contributed by atoms with van der Waals surface area (Å²) in [4.78, 5) is 13.4. The average Bonchev–Trinajstić information content (AvgIpc) is 2.66. The predicted octanol–water partition coefficient (Wildman–Crippen LogP) is 2.36. The lowest BCUT2D eigenvalue weighted by Crippen LogP contribution is -2.43. The maximum Gasteiger partial charge on any atom is 0.310 e. The van der Waals surface area contributed by atoms with Gasteiger partial charge in [-0.1, -0.05) is 19.8 Å². The molecular formula is C12H23NO2. The number of hydrogen-bond donors (Lipinski definition) is 1. The molecule has 0 spiro atoms. The summed E-state index contributed by atoms with van der Waals surface area (Å²) >= 11 is 0. The Balaban J connectivity index is 2.56. The zero-order valence-electron chi connectivity index (χ0n) is 10.1. The first kappa shape index (κ1) is 12.5. The van der Waals surface area contributed by atoms with Crippen molar-refractivity contribution in [2.45, 2.75) is 52.5 Å². The molecule has 0 bridgehead atoms. The number of nitrogens with zero attached hydrogens (tertiary/aromatic N) is 1. The van der Waals surface area contributed by atoms with E-state index in [9.17, 15) is 4.79 Å². The van der Waals surface area contributed by atoms with Gasteiger partial charge in [0.2, 0.25) is 0 Å². The van der Waals surface area contributed by atoms with Crippen LogP contribution in [0.3, 0.4) is 0 Å². The summed E-state index contributed by atoms with van der Waals surface area (Å²) in [6, 6.07) is 0.619. The Morgan fingerprint density at radius 3 is 2.33 bits per heavy atom. The van der Waals surface area contributed by atoms with Crippen LogP contribution in [0.15, 0.2) is 0 Å². The Bertz CT molecular complexity index is 220. The number of hydrogen-bond acceptors (Lipinski definition) is 2. The quantitative estimate of drug-likeness (QED) is 0.762. The van der Waals surface area contributed by atoms with Crippen molar-refractivity contribution in [3.8, 4) is 0 Å². The molecule has 0 aliphatic heterocycles. The number of carboxylic acids is 1. The third kappa shape index (κ3) is 3.20. The first-order chi connectivity index (χ1) is 6.97. The second-order valence-corrected chi connectivity index (χ2v) is 5.19. The van der Waals surface area contributed by atoms with Crippen molar-refractivity contribution < 1.29 is 9.90 Å². The van der Waals surface area contributed by atoms with Crippen molar-refractivity contribution in [1.29, 1.82) is 0 Å². The molecule has 0 amide bonds. The highest BCUT2D eigenvalue weighted by Gasteiger charge is 2.32. The molecule has 0 aromatic rings. The minimum Gasteiger partial charge on any atom is -0.481 e. The minimum atomic E-state index is -0.695. The summed E-state index contributed by atoms with van der Waals surface area (Å²) < 4.78 is 0. The van der Waals surface area contributed by atoms with Gasteiger partial charge in [-0.25, -0.2) is 0 Å². The molecule has 1 aliphatic carbocycles. The van der Waals surface area contributed by atoms with E-state index < -0.39 is 11.4 Å². The molecule has 1 saturated carbocycles. The average molecular weight is 213 g/mol. The van der Waals surface area contributed by atoms with Crippen LogP contribution in [0.4, 0.5) is 0 Å². The second-order valence-electron chi connectivity index (χ2n) is 5.19. The standard InChI is InChI=1S/C12H23NO2/c1-4-13(10-7-5-6-8-10)9-12(2,3)11(14)15/h10H,4-9H2,1-3H3,(H,14,15). The van der Waals surface area contributed by atoms with Gasteiger partial charge in [-0.3, -0.25) is 9.69 Å². The van der Waals surface area contributed by atoms with Crippen LogP contribution in [-0.2, 0) is 4.79 Å². The van der Waals surface area contributed by atoms with E-state index in [4.69, 9.17) is 5.11 Å². The largest absolute Gasteiger partial charge is 0.481 e. The summed E-state index contributed by atoms with van der Waals surface area (Å²) in [5, 5.41) is 9.10. The van der Waals surface area contributed by atoms with Crippen molar-refractivity contribution in [2.75, 3.05) is 13.1 Å². The summed E-state index contributed by atoms with van der Waals surface area (Å²) in [5.74, 6) is -0.695. The smallest absolute Gasteiger partial charge is 0.310 e. The van der Waals surface area contributed by atoms with Crippen molar-refractivity contribution in [3.63, 3.8) is 0 Å². The fourth-order valence-electron chi connectivity index (χ4n) is 2.34. The molecule has 0 saturated heterocycles. The van der Waals surface area contributed by atoms with Crippen molar-refractivity contribution >= 4 is 5.97 Å². The highest BCUT2D eigenvalue weighted by atomic mass is 16.4. The molecule has 0 unspecified atom stereocenters. The van der Waals surface area contributed by atoms with E-state index in [1.165, 1.54) is 25.7 Å². The lowest BCUT2D eigenvalue weighted by molar-refractivity contribution is -0.148. The number of rotatable bonds is 5. The third-order valence-corrected chi connectivity index (χ3v) is 3.42. The van der Waals surface area contributed by atoms with E-state index in [-0.39, 0.29) is 0 Å². The van der Waals surface area contributed by atoms with Gasteiger partial charge in [0, 0.05) is 12.6 Å². The van der Waals surface area contributed by atoms with Gasteiger partial charge in [-0.05, 0) is 33.2 Å². The second kappa shape index (κ2) is 4.97. The summed E-state index contributed by atoms with van der Waals surface area (Å²) in [7, 11) is 0. The van der Waals surface area contributed by atoms with Crippen molar-refractivity contribution in [3.05, 3.63) is 0 Å². The van der Waals surface area contributed by atoms with E-state index in [0.717, 1.165) is 6.54 Å². The maximum atomic E-state index is 11.1. The van der Waals surface area contributed by atoms with Gasteiger partial charge in [0.1, 0.15) is 0 Å². The van der Waals surface area contributed by atoms with E-state index in [0.29, 0.717) is 12.6 Å². The molecule has 3 nitrogen and oxygen atoms in total. The van der Waals surface area contributed by atoms with Gasteiger partial charge >= 0.3 is 5.97 Å². The molecule has 0 atom stereocenters. The maximum absolute atomic E-state index is 11.1. The normalized spacial score (nSPS) is 18.7. The van der Waals surface area contributed by atoms with Crippen LogP contribution in [-0.4, -0.2) is 35.1 Å². The molecule has 0 heterocycles. The first-order valence-electron chi connectivity index (χ1n) is 5.95. The number of aliphatic carboxylic acids is 1. The van der Waals surface area contributed by atoms with Gasteiger partial charge in [0.15, 0.2) is 0 Å². The Kier molecular flexibility index (Phi) is 4.14. The summed E-state index contributed by atoms with van der Waals surface area (Å²) in [6.07, 6.45) is 5.08. The van der Waals surface area contributed by atoms with E-state index in [1.54, 1.807) is 0 Å². The van der Waals surface area contributed by atoms with Gasteiger partial charge in [-0.15, -0.1) is 0 Å². The Morgan fingerprint density at radius 1 is 1.40 bits per heavy atom. The minimum absolute atomic E-state index is 0.619. The van der Waals surface area contributed by atoms with Crippen molar-refractivity contribution in [2.24, 2.45) is 5.41 Å². The van der Waals surface area contributed by atoms with Crippen LogP contribution in [0.25, 0.3) is 0 Å². The zero-order chi connectivity index (χ0) is 11.5. The monoisotopic (exact) mass is 213 g/mol. The van der Waals surface area contributed by atoms with Crippen LogP contribution in [0, 0.1) is 5.41 Å². The van der Waals surface area contributed by atoms with E-state index in [2.05, 4.69) is 11.8 Å². The lowest BCUT2D eigenvalue weighted by Gasteiger charge is -2.33. The lowest BCUT2D eigenvalue weighted by atomic mass is 9.92. The van der Waals surface area contributed by atoms with Crippen molar-refractivity contribution in [1.82, 2.24) is 4.90 Å². The topological polar surface area (TPSA) is 40.5 Å². The highest BCUT2D eigenvalue weighted by Crippen LogP contribution is 2.26. The molecular weight excluding hydrogens is 190 g/mol. The SMILES string of the molecule is CCN(CC(C)(C)C(=O)O)C1CCCC1. The fraction of sp³-hybridized carbons (Fsp3) is 0.917. The predicted molar refractivity (Wildman–Crippen MR) is 60.9 cm³/mol. The van der Waals surface area contributed by atoms with E-state index in [1.807, 2.05) is 13.8 Å². The molecule has 0 aromatic carbocycles. The molecule has 88 valence electrons. The molecule has 15 heavy (non-hydrogen) atoms. The van der Waals surface area contributed by atoms with Crippen LogP contribution in [0.2, 0.25) is 0 Å². The molecule has 0 radical (unpaired) electrons. The molecule has 3 heteroatoms. The van der Waals surface area contributed by atoms with Gasteiger partial charge in [0.05, 0.1) is 5.41 Å². The number of carbonyl (C=O) groups is 1. The number of carboxylic acid groups (broad SMARTS) is 1. The molecule has 1 fully saturated rings. The van der Waals surface area contributed by atoms with Crippen LogP contribution in [0.5, 0.6) is 0 Å². The molecule has 1 N–H and O–H groups in total. The fourth-order valence-corrected chi connectivity index (χ4v) is 2.34. The summed E-state index contributed by atoms with van der Waals surface area (Å²) in [6.45, 7) is 7.38. The van der Waals surface area contributed by atoms with Crippen LogP contribution in [0.1, 0.15) is 46.5 Å². The Labute approximate surface area is 92.5 Å². The summed E-state index contributed by atoms with van der Waals surface area (Å²) in [5.41, 5.74) is -0.626. The highest BCUT2D eigenvalue weighted by molar-refractivity contribution is 5.73. The van der Waals surface area contributed by atoms with Crippen LogP contribution >= 0.6 is 0 Å².